The number of carbonyl (C=O) groups excluding carboxylic acids is 1. The Kier molecular flexibility index (Phi) is 7.06. The van der Waals surface area contributed by atoms with Gasteiger partial charge in [0.15, 0.2) is 0 Å². The van der Waals surface area contributed by atoms with Gasteiger partial charge in [0.1, 0.15) is 5.75 Å². The molecule has 1 aromatic carbocycles. The molecule has 122 valence electrons. The van der Waals surface area contributed by atoms with E-state index < -0.39 is 0 Å². The Morgan fingerprint density at radius 1 is 1.23 bits per heavy atom. The average molecular weight is 322 g/mol. The molecule has 1 amide bonds. The summed E-state index contributed by atoms with van der Waals surface area (Å²) in [5.74, 6) is 1.68. The minimum Gasteiger partial charge on any atom is -0.491 e. The second-order valence-electron chi connectivity index (χ2n) is 5.87. The molecule has 4 nitrogen and oxygen atoms in total. The van der Waals surface area contributed by atoms with Crippen LogP contribution < -0.4 is 9.46 Å². The summed E-state index contributed by atoms with van der Waals surface area (Å²) < 4.78 is 8.48. The van der Waals surface area contributed by atoms with E-state index in [2.05, 4.69) is 9.62 Å². The molecule has 2 rings (SSSR count). The van der Waals surface area contributed by atoms with E-state index >= 15 is 0 Å². The second-order valence-corrected chi connectivity index (χ2v) is 6.77. The molecule has 0 spiro atoms. The van der Waals surface area contributed by atoms with Crippen LogP contribution in [0.4, 0.5) is 0 Å². The van der Waals surface area contributed by atoms with Gasteiger partial charge in [-0.25, -0.2) is 0 Å². The van der Waals surface area contributed by atoms with Gasteiger partial charge in [-0.1, -0.05) is 6.42 Å². The first-order valence-electron chi connectivity index (χ1n) is 8.06. The molecule has 1 aliphatic rings. The van der Waals surface area contributed by atoms with E-state index in [4.69, 9.17) is 4.74 Å². The van der Waals surface area contributed by atoms with Crippen molar-refractivity contribution in [3.8, 4) is 5.75 Å². The molecule has 22 heavy (non-hydrogen) atoms. The summed E-state index contributed by atoms with van der Waals surface area (Å²) >= 11 is 1.49. The van der Waals surface area contributed by atoms with E-state index in [1.54, 1.807) is 12.1 Å². The number of nitrogens with zero attached hydrogens (tertiary/aromatic N) is 1. The molecule has 0 aromatic heterocycles. The maximum Gasteiger partial charge on any atom is 0.261 e. The Bertz CT molecular complexity index is 456. The van der Waals surface area contributed by atoms with E-state index in [9.17, 15) is 4.79 Å². The van der Waals surface area contributed by atoms with E-state index in [-0.39, 0.29) is 12.0 Å². The molecule has 0 radical (unpaired) electrons. The van der Waals surface area contributed by atoms with E-state index in [0.29, 0.717) is 5.56 Å². The van der Waals surface area contributed by atoms with Crippen LogP contribution in [0.3, 0.4) is 0 Å². The van der Waals surface area contributed by atoms with Gasteiger partial charge in [-0.3, -0.25) is 9.52 Å². The number of carbonyl (C=O) groups is 1. The number of hydrogen-bond donors (Lipinski definition) is 1. The highest BCUT2D eigenvalue weighted by Gasteiger charge is 2.10. The molecular weight excluding hydrogens is 296 g/mol. The van der Waals surface area contributed by atoms with Gasteiger partial charge in [0.25, 0.3) is 5.91 Å². The topological polar surface area (TPSA) is 41.6 Å². The van der Waals surface area contributed by atoms with Crippen LogP contribution in [0.1, 0.15) is 43.5 Å². The van der Waals surface area contributed by atoms with Gasteiger partial charge in [0.2, 0.25) is 0 Å². The van der Waals surface area contributed by atoms with Crippen molar-refractivity contribution in [1.82, 2.24) is 9.62 Å². The molecule has 0 saturated carbocycles. The highest BCUT2D eigenvalue weighted by Crippen LogP contribution is 2.14. The molecule has 0 aliphatic carbocycles. The third-order valence-corrected chi connectivity index (χ3v) is 4.33. The van der Waals surface area contributed by atoms with E-state index in [1.807, 2.05) is 26.0 Å². The van der Waals surface area contributed by atoms with Gasteiger partial charge in [-0.05, 0) is 76.0 Å². The van der Waals surface area contributed by atoms with Crippen molar-refractivity contribution < 1.29 is 9.53 Å². The van der Waals surface area contributed by atoms with Gasteiger partial charge >= 0.3 is 0 Å². The number of ether oxygens (including phenoxy) is 1. The number of amides is 1. The second kappa shape index (κ2) is 9.06. The fraction of sp³-hybridized carbons (Fsp3) is 0.588. The molecule has 0 bridgehead atoms. The van der Waals surface area contributed by atoms with Crippen molar-refractivity contribution >= 4 is 17.9 Å². The van der Waals surface area contributed by atoms with E-state index in [1.165, 1.54) is 44.3 Å². The molecule has 0 unspecified atom stereocenters. The lowest BCUT2D eigenvalue weighted by molar-refractivity contribution is 0.0984. The van der Waals surface area contributed by atoms with Crippen LogP contribution in [0.25, 0.3) is 0 Å². The zero-order chi connectivity index (χ0) is 15.8. The maximum atomic E-state index is 12.0. The van der Waals surface area contributed by atoms with Crippen LogP contribution in [0.5, 0.6) is 5.75 Å². The molecule has 1 saturated heterocycles. The van der Waals surface area contributed by atoms with Gasteiger partial charge in [-0.2, -0.15) is 0 Å². The largest absolute Gasteiger partial charge is 0.491 e. The van der Waals surface area contributed by atoms with Crippen molar-refractivity contribution in [2.24, 2.45) is 0 Å². The van der Waals surface area contributed by atoms with Crippen molar-refractivity contribution in [2.45, 2.75) is 39.2 Å². The first kappa shape index (κ1) is 17.2. The third kappa shape index (κ3) is 5.89. The Labute approximate surface area is 137 Å². The molecule has 0 atom stereocenters. The molecule has 1 aromatic rings. The monoisotopic (exact) mass is 322 g/mol. The van der Waals surface area contributed by atoms with Crippen LogP contribution in [0.2, 0.25) is 0 Å². The molecule has 1 fully saturated rings. The summed E-state index contributed by atoms with van der Waals surface area (Å²) in [6, 6.07) is 7.29. The zero-order valence-corrected chi connectivity index (χ0v) is 14.3. The lowest BCUT2D eigenvalue weighted by atomic mass is 10.1. The number of rotatable bonds is 7. The lowest BCUT2D eigenvalue weighted by Gasteiger charge is -2.25. The van der Waals surface area contributed by atoms with Gasteiger partial charge in [-0.15, -0.1) is 0 Å². The summed E-state index contributed by atoms with van der Waals surface area (Å²) in [6.07, 6.45) is 4.12. The highest BCUT2D eigenvalue weighted by molar-refractivity contribution is 7.97. The zero-order valence-electron chi connectivity index (χ0n) is 13.5. The summed E-state index contributed by atoms with van der Waals surface area (Å²) in [7, 11) is 0. The Balaban J connectivity index is 1.68. The average Bonchev–Trinajstić information content (AvgIpc) is 2.52. The normalized spacial score (nSPS) is 15.8. The smallest absolute Gasteiger partial charge is 0.261 e. The van der Waals surface area contributed by atoms with Gasteiger partial charge in [0, 0.05) is 17.9 Å². The predicted octanol–water partition coefficient (Wildman–Crippen LogP) is 3.34. The minimum absolute atomic E-state index is 0.0419. The quantitative estimate of drug-likeness (QED) is 0.617. The summed E-state index contributed by atoms with van der Waals surface area (Å²) in [4.78, 5) is 14.5. The Morgan fingerprint density at radius 2 is 1.91 bits per heavy atom. The number of nitrogens with one attached hydrogen (secondary N) is 1. The Morgan fingerprint density at radius 3 is 2.55 bits per heavy atom. The summed E-state index contributed by atoms with van der Waals surface area (Å²) in [6.45, 7) is 7.42. The van der Waals surface area contributed by atoms with Crippen LogP contribution >= 0.6 is 11.9 Å². The number of hydrogen-bond acceptors (Lipinski definition) is 4. The third-order valence-electron chi connectivity index (χ3n) is 3.61. The van der Waals surface area contributed by atoms with Crippen LogP contribution in [0.15, 0.2) is 24.3 Å². The van der Waals surface area contributed by atoms with Crippen LogP contribution in [0, 0.1) is 0 Å². The molecular formula is C17H26N2O2S. The standard InChI is InChI=1S/C17H26N2O2S/c1-14(2)21-16-8-6-15(7-9-16)17(20)18-22-13-12-19-10-4-3-5-11-19/h6-9,14H,3-5,10-13H2,1-2H3,(H,18,20). The first-order valence-corrected chi connectivity index (χ1v) is 9.05. The predicted molar refractivity (Wildman–Crippen MR) is 92.4 cm³/mol. The fourth-order valence-corrected chi connectivity index (χ4v) is 3.19. The molecule has 1 N–H and O–H groups in total. The van der Waals surface area contributed by atoms with Crippen molar-refractivity contribution in [2.75, 3.05) is 25.4 Å². The number of likely N-dealkylation sites (tertiary alicyclic amines) is 1. The first-order chi connectivity index (χ1) is 10.6. The van der Waals surface area contributed by atoms with Crippen molar-refractivity contribution in [1.29, 1.82) is 0 Å². The van der Waals surface area contributed by atoms with Crippen molar-refractivity contribution in [3.63, 3.8) is 0 Å². The van der Waals surface area contributed by atoms with Gasteiger partial charge < -0.3 is 9.64 Å². The summed E-state index contributed by atoms with van der Waals surface area (Å²) in [5, 5.41) is 0. The SMILES string of the molecule is CC(C)Oc1ccc(C(=O)NSCCN2CCCCC2)cc1. The highest BCUT2D eigenvalue weighted by atomic mass is 32.2. The number of piperidine rings is 1. The van der Waals surface area contributed by atoms with Crippen molar-refractivity contribution in [3.05, 3.63) is 29.8 Å². The lowest BCUT2D eigenvalue weighted by Crippen LogP contribution is -2.32. The molecule has 1 aliphatic heterocycles. The van der Waals surface area contributed by atoms with Crippen LogP contribution in [-0.2, 0) is 0 Å². The minimum atomic E-state index is -0.0419. The Hall–Kier alpha value is -1.20. The molecule has 5 heteroatoms. The van der Waals surface area contributed by atoms with Gasteiger partial charge in [0.05, 0.1) is 6.10 Å². The van der Waals surface area contributed by atoms with E-state index in [0.717, 1.165) is 18.0 Å². The van der Waals surface area contributed by atoms with Crippen LogP contribution in [-0.4, -0.2) is 42.3 Å². The number of benzene rings is 1. The molecule has 1 heterocycles. The maximum absolute atomic E-state index is 12.0. The summed E-state index contributed by atoms with van der Waals surface area (Å²) in [5.41, 5.74) is 0.668. The fourth-order valence-electron chi connectivity index (χ4n) is 2.49.